The average Bonchev–Trinajstić information content (AvgIpc) is 2.72. The molecule has 3 rings (SSSR count). The number of sulfonamides is 1. The maximum Gasteiger partial charge on any atom is 0.232 e. The van der Waals surface area contributed by atoms with Crippen LogP contribution in [0.4, 0.5) is 5.69 Å². The van der Waals surface area contributed by atoms with Crippen molar-refractivity contribution in [3.05, 3.63) is 65.7 Å². The van der Waals surface area contributed by atoms with Gasteiger partial charge in [-0.25, -0.2) is 8.42 Å². The molecule has 1 amide bonds. The molecule has 7 heteroatoms. The van der Waals surface area contributed by atoms with Crippen LogP contribution in [0.5, 0.6) is 0 Å². The minimum atomic E-state index is -3.40. The van der Waals surface area contributed by atoms with Gasteiger partial charge in [0.15, 0.2) is 0 Å². The Morgan fingerprint density at radius 1 is 0.967 bits per heavy atom. The van der Waals surface area contributed by atoms with Crippen LogP contribution in [0.2, 0.25) is 0 Å². The molecule has 2 aromatic carbocycles. The standard InChI is InChI=1S/C23H31N3O3S/c1-20-9-6-7-12-22(20)26(30(2,28)29)14-8-13-23(27)25-17-15-24(16-18-25)19-21-10-4-3-5-11-21/h3-7,9-12H,8,13-19H2,1-2H3. The summed E-state index contributed by atoms with van der Waals surface area (Å²) in [6.45, 7) is 6.27. The third-order valence-corrected chi connectivity index (χ3v) is 6.69. The number of rotatable bonds is 8. The molecule has 1 fully saturated rings. The number of carbonyl (C=O) groups excluding carboxylic acids is 1. The van der Waals surface area contributed by atoms with Crippen LogP contribution in [0.25, 0.3) is 0 Å². The van der Waals surface area contributed by atoms with Gasteiger partial charge in [0, 0.05) is 45.7 Å². The summed E-state index contributed by atoms with van der Waals surface area (Å²) in [5.74, 6) is 0.104. The van der Waals surface area contributed by atoms with Gasteiger partial charge in [-0.3, -0.25) is 14.0 Å². The third-order valence-electron chi connectivity index (χ3n) is 5.51. The van der Waals surface area contributed by atoms with Gasteiger partial charge in [-0.1, -0.05) is 48.5 Å². The highest BCUT2D eigenvalue weighted by Crippen LogP contribution is 2.22. The molecule has 0 bridgehead atoms. The van der Waals surface area contributed by atoms with Crippen LogP contribution in [-0.2, 0) is 21.4 Å². The van der Waals surface area contributed by atoms with Crippen LogP contribution in [0, 0.1) is 6.92 Å². The van der Waals surface area contributed by atoms with E-state index in [9.17, 15) is 13.2 Å². The number of hydrogen-bond acceptors (Lipinski definition) is 4. The van der Waals surface area contributed by atoms with Crippen molar-refractivity contribution in [2.75, 3.05) is 43.3 Å². The molecule has 162 valence electrons. The van der Waals surface area contributed by atoms with Gasteiger partial charge < -0.3 is 4.90 Å². The van der Waals surface area contributed by atoms with Gasteiger partial charge >= 0.3 is 0 Å². The molecule has 0 aromatic heterocycles. The monoisotopic (exact) mass is 429 g/mol. The number of anilines is 1. The number of para-hydroxylation sites is 1. The Bertz CT molecular complexity index is 939. The lowest BCUT2D eigenvalue weighted by molar-refractivity contribution is -0.133. The summed E-state index contributed by atoms with van der Waals surface area (Å²) in [5, 5.41) is 0. The summed E-state index contributed by atoms with van der Waals surface area (Å²) in [7, 11) is -3.40. The topological polar surface area (TPSA) is 60.9 Å². The Hall–Kier alpha value is -2.38. The smallest absolute Gasteiger partial charge is 0.232 e. The number of amides is 1. The molecule has 1 heterocycles. The Labute approximate surface area is 180 Å². The van der Waals surface area contributed by atoms with E-state index in [1.165, 1.54) is 16.1 Å². The van der Waals surface area contributed by atoms with Crippen molar-refractivity contribution in [2.24, 2.45) is 0 Å². The maximum absolute atomic E-state index is 12.6. The van der Waals surface area contributed by atoms with E-state index in [0.717, 1.165) is 38.3 Å². The van der Waals surface area contributed by atoms with Crippen LogP contribution in [0.15, 0.2) is 54.6 Å². The SMILES string of the molecule is Cc1ccccc1N(CCCC(=O)N1CCN(Cc2ccccc2)CC1)S(C)(=O)=O. The molecule has 0 aliphatic carbocycles. The van der Waals surface area contributed by atoms with Crippen molar-refractivity contribution in [3.63, 3.8) is 0 Å². The van der Waals surface area contributed by atoms with Gasteiger partial charge in [-0.2, -0.15) is 0 Å². The van der Waals surface area contributed by atoms with Crippen molar-refractivity contribution in [1.82, 2.24) is 9.80 Å². The van der Waals surface area contributed by atoms with E-state index < -0.39 is 10.0 Å². The number of hydrogen-bond donors (Lipinski definition) is 0. The largest absolute Gasteiger partial charge is 0.340 e. The fourth-order valence-corrected chi connectivity index (χ4v) is 4.86. The summed E-state index contributed by atoms with van der Waals surface area (Å²) in [6, 6.07) is 17.8. The van der Waals surface area contributed by atoms with Crippen molar-refractivity contribution in [2.45, 2.75) is 26.3 Å². The van der Waals surface area contributed by atoms with Gasteiger partial charge in [0.2, 0.25) is 15.9 Å². The first-order valence-electron chi connectivity index (χ1n) is 10.4. The predicted octanol–water partition coefficient (Wildman–Crippen LogP) is 2.89. The lowest BCUT2D eigenvalue weighted by Crippen LogP contribution is -2.48. The van der Waals surface area contributed by atoms with Gasteiger partial charge in [0.05, 0.1) is 11.9 Å². The molecule has 0 radical (unpaired) electrons. The van der Waals surface area contributed by atoms with Crippen LogP contribution < -0.4 is 4.31 Å². The molecule has 1 saturated heterocycles. The van der Waals surface area contributed by atoms with Crippen molar-refractivity contribution < 1.29 is 13.2 Å². The van der Waals surface area contributed by atoms with Crippen LogP contribution in [-0.4, -0.2) is 63.1 Å². The molecule has 0 saturated carbocycles. The Balaban J connectivity index is 1.48. The maximum atomic E-state index is 12.6. The van der Waals surface area contributed by atoms with Crippen LogP contribution in [0.3, 0.4) is 0 Å². The molecular weight excluding hydrogens is 398 g/mol. The highest BCUT2D eigenvalue weighted by atomic mass is 32.2. The first kappa shape index (κ1) is 22.3. The molecule has 1 aliphatic rings. The lowest BCUT2D eigenvalue weighted by Gasteiger charge is -2.35. The molecule has 0 spiro atoms. The molecule has 30 heavy (non-hydrogen) atoms. The summed E-state index contributed by atoms with van der Waals surface area (Å²) in [6.07, 6.45) is 2.08. The van der Waals surface area contributed by atoms with Crippen LogP contribution >= 0.6 is 0 Å². The second-order valence-corrected chi connectivity index (χ2v) is 9.77. The highest BCUT2D eigenvalue weighted by Gasteiger charge is 2.23. The number of benzene rings is 2. The predicted molar refractivity (Wildman–Crippen MR) is 121 cm³/mol. The van der Waals surface area contributed by atoms with Gasteiger partial charge in [0.1, 0.15) is 0 Å². The second-order valence-electron chi connectivity index (χ2n) is 7.87. The Kier molecular flexibility index (Phi) is 7.50. The van der Waals surface area contributed by atoms with E-state index in [1.54, 1.807) is 0 Å². The zero-order valence-electron chi connectivity index (χ0n) is 17.8. The van der Waals surface area contributed by atoms with Gasteiger partial charge in [-0.05, 0) is 30.5 Å². The Morgan fingerprint density at radius 3 is 2.23 bits per heavy atom. The van der Waals surface area contributed by atoms with Gasteiger partial charge in [-0.15, -0.1) is 0 Å². The van der Waals surface area contributed by atoms with E-state index in [0.29, 0.717) is 25.1 Å². The van der Waals surface area contributed by atoms with E-state index in [2.05, 4.69) is 17.0 Å². The summed E-state index contributed by atoms with van der Waals surface area (Å²) in [5.41, 5.74) is 2.88. The summed E-state index contributed by atoms with van der Waals surface area (Å²) in [4.78, 5) is 16.9. The molecule has 0 unspecified atom stereocenters. The second kappa shape index (κ2) is 10.1. The third kappa shape index (κ3) is 6.06. The first-order chi connectivity index (χ1) is 14.3. The normalized spacial score (nSPS) is 15.2. The fraction of sp³-hybridized carbons (Fsp3) is 0.435. The zero-order chi connectivity index (χ0) is 21.6. The molecular formula is C23H31N3O3S. The average molecular weight is 430 g/mol. The molecule has 6 nitrogen and oxygen atoms in total. The molecule has 2 aromatic rings. The zero-order valence-corrected chi connectivity index (χ0v) is 18.6. The summed E-state index contributed by atoms with van der Waals surface area (Å²) >= 11 is 0. The molecule has 0 N–H and O–H groups in total. The highest BCUT2D eigenvalue weighted by molar-refractivity contribution is 7.92. The molecule has 0 atom stereocenters. The minimum absolute atomic E-state index is 0.104. The first-order valence-corrected chi connectivity index (χ1v) is 12.3. The minimum Gasteiger partial charge on any atom is -0.340 e. The number of nitrogens with zero attached hydrogens (tertiary/aromatic N) is 3. The lowest BCUT2D eigenvalue weighted by atomic mass is 10.2. The van der Waals surface area contributed by atoms with Crippen molar-refractivity contribution >= 4 is 21.6 Å². The van der Waals surface area contributed by atoms with E-state index in [4.69, 9.17) is 0 Å². The number of piperazine rings is 1. The van der Waals surface area contributed by atoms with E-state index in [-0.39, 0.29) is 5.91 Å². The Morgan fingerprint density at radius 2 is 1.60 bits per heavy atom. The van der Waals surface area contributed by atoms with Crippen molar-refractivity contribution in [3.8, 4) is 0 Å². The quantitative estimate of drug-likeness (QED) is 0.647. The van der Waals surface area contributed by atoms with Gasteiger partial charge in [0.25, 0.3) is 0 Å². The summed E-state index contributed by atoms with van der Waals surface area (Å²) < 4.78 is 26.0. The number of carbonyl (C=O) groups is 1. The van der Waals surface area contributed by atoms with Crippen LogP contribution in [0.1, 0.15) is 24.0 Å². The number of aryl methyl sites for hydroxylation is 1. The van der Waals surface area contributed by atoms with E-state index >= 15 is 0 Å². The fourth-order valence-electron chi connectivity index (χ4n) is 3.84. The molecule has 1 aliphatic heterocycles. The van der Waals surface area contributed by atoms with Crippen molar-refractivity contribution in [1.29, 1.82) is 0 Å². The van der Waals surface area contributed by atoms with E-state index in [1.807, 2.05) is 54.3 Å².